The van der Waals surface area contributed by atoms with Crippen molar-refractivity contribution in [1.29, 1.82) is 0 Å². The molecule has 1 aliphatic heterocycles. The second-order valence-corrected chi connectivity index (χ2v) is 12.3. The van der Waals surface area contributed by atoms with Crippen molar-refractivity contribution >= 4 is 31.5 Å². The van der Waals surface area contributed by atoms with Crippen LogP contribution in [0.1, 0.15) is 24.8 Å². The first-order chi connectivity index (χ1) is 15.1. The SMILES string of the molecule is CS(=O)(=O)Nc1cccc(S(=O)(=O)N2CC=C3CC(=O)CCC3(Cc3ccccc3)C2)c1. The van der Waals surface area contributed by atoms with Gasteiger partial charge in [-0.15, -0.1) is 0 Å². The number of sulfonamides is 2. The minimum Gasteiger partial charge on any atom is -0.299 e. The zero-order valence-electron chi connectivity index (χ0n) is 17.8. The Morgan fingerprint density at radius 1 is 1.03 bits per heavy atom. The van der Waals surface area contributed by atoms with Crippen LogP contribution in [0.4, 0.5) is 5.69 Å². The Morgan fingerprint density at radius 2 is 1.78 bits per heavy atom. The van der Waals surface area contributed by atoms with Crippen molar-refractivity contribution in [2.24, 2.45) is 5.41 Å². The molecule has 1 aliphatic carbocycles. The number of hydrogen-bond donors (Lipinski definition) is 1. The molecular weight excluding hydrogens is 448 g/mol. The van der Waals surface area contributed by atoms with Crippen LogP contribution >= 0.6 is 0 Å². The van der Waals surface area contributed by atoms with Gasteiger partial charge in [0.15, 0.2) is 0 Å². The van der Waals surface area contributed by atoms with Gasteiger partial charge in [0.05, 0.1) is 11.2 Å². The molecule has 7 nitrogen and oxygen atoms in total. The fourth-order valence-electron chi connectivity index (χ4n) is 4.62. The summed E-state index contributed by atoms with van der Waals surface area (Å²) in [6, 6.07) is 15.7. The monoisotopic (exact) mass is 474 g/mol. The molecule has 1 saturated carbocycles. The molecule has 2 aromatic carbocycles. The second-order valence-electron chi connectivity index (χ2n) is 8.59. The van der Waals surface area contributed by atoms with Gasteiger partial charge in [-0.25, -0.2) is 16.8 Å². The number of carbonyl (C=O) groups is 1. The van der Waals surface area contributed by atoms with Gasteiger partial charge in [-0.2, -0.15) is 4.31 Å². The van der Waals surface area contributed by atoms with E-state index in [1.54, 1.807) is 0 Å². The number of rotatable bonds is 6. The van der Waals surface area contributed by atoms with Crippen LogP contribution in [0.25, 0.3) is 0 Å². The Labute approximate surface area is 189 Å². The zero-order valence-corrected chi connectivity index (χ0v) is 19.5. The van der Waals surface area contributed by atoms with E-state index in [0.29, 0.717) is 25.7 Å². The minimum absolute atomic E-state index is 0.0322. The zero-order chi connectivity index (χ0) is 23.0. The molecule has 0 saturated heterocycles. The standard InChI is InChI=1S/C23H26N2O5S2/c1-31(27,28)24-20-8-5-9-22(15-20)32(29,30)25-13-11-19-14-21(26)10-12-23(19,17-25)16-18-6-3-2-4-7-18/h2-9,11,15,24H,10,12-14,16-17H2,1H3. The molecule has 2 aromatic rings. The largest absolute Gasteiger partial charge is 0.299 e. The smallest absolute Gasteiger partial charge is 0.243 e. The number of benzene rings is 2. The van der Waals surface area contributed by atoms with Gasteiger partial charge in [-0.3, -0.25) is 9.52 Å². The van der Waals surface area contributed by atoms with Gasteiger partial charge < -0.3 is 0 Å². The number of hydrogen-bond acceptors (Lipinski definition) is 5. The van der Waals surface area contributed by atoms with Crippen LogP contribution in [0.2, 0.25) is 0 Å². The van der Waals surface area contributed by atoms with Gasteiger partial charge in [0.25, 0.3) is 0 Å². The van der Waals surface area contributed by atoms with Crippen LogP contribution in [-0.4, -0.2) is 46.3 Å². The van der Waals surface area contributed by atoms with Crippen LogP contribution in [0.5, 0.6) is 0 Å². The highest BCUT2D eigenvalue weighted by Crippen LogP contribution is 2.46. The van der Waals surface area contributed by atoms with Crippen LogP contribution in [0.15, 0.2) is 71.1 Å². The van der Waals surface area contributed by atoms with Crippen molar-refractivity contribution < 1.29 is 21.6 Å². The summed E-state index contributed by atoms with van der Waals surface area (Å²) in [5.41, 5.74) is 1.90. The first-order valence-corrected chi connectivity index (χ1v) is 13.7. The molecule has 1 atom stereocenters. The van der Waals surface area contributed by atoms with Crippen molar-refractivity contribution in [3.63, 3.8) is 0 Å². The van der Waals surface area contributed by atoms with Crippen molar-refractivity contribution in [3.05, 3.63) is 71.8 Å². The van der Waals surface area contributed by atoms with Crippen molar-refractivity contribution in [2.75, 3.05) is 24.1 Å². The summed E-state index contributed by atoms with van der Waals surface area (Å²) in [4.78, 5) is 12.2. The van der Waals surface area contributed by atoms with Crippen LogP contribution in [0, 0.1) is 5.41 Å². The van der Waals surface area contributed by atoms with E-state index in [2.05, 4.69) is 4.72 Å². The highest BCUT2D eigenvalue weighted by Gasteiger charge is 2.45. The summed E-state index contributed by atoms with van der Waals surface area (Å²) in [6.07, 6.45) is 4.98. The van der Waals surface area contributed by atoms with E-state index in [-0.39, 0.29) is 29.5 Å². The summed E-state index contributed by atoms with van der Waals surface area (Å²) in [7, 11) is -7.40. The lowest BCUT2D eigenvalue weighted by Gasteiger charge is -2.45. The number of carbonyl (C=O) groups excluding carboxylic acids is 1. The van der Waals surface area contributed by atoms with Gasteiger partial charge in [0.2, 0.25) is 20.0 Å². The molecule has 9 heteroatoms. The number of nitrogens with zero attached hydrogens (tertiary/aromatic N) is 1. The molecule has 0 amide bonds. The van der Waals surface area contributed by atoms with Crippen molar-refractivity contribution in [3.8, 4) is 0 Å². The average molecular weight is 475 g/mol. The molecule has 0 bridgehead atoms. The lowest BCUT2D eigenvalue weighted by atomic mass is 9.65. The topological polar surface area (TPSA) is 101 Å². The Hall–Kier alpha value is -2.49. The maximum atomic E-state index is 13.5. The summed E-state index contributed by atoms with van der Waals surface area (Å²) in [5.74, 6) is 0.191. The Kier molecular flexibility index (Phi) is 6.00. The minimum atomic E-state index is -3.87. The van der Waals surface area contributed by atoms with Crippen molar-refractivity contribution in [2.45, 2.75) is 30.6 Å². The molecule has 4 rings (SSSR count). The van der Waals surface area contributed by atoms with Crippen LogP contribution in [-0.2, 0) is 31.3 Å². The molecular formula is C23H26N2O5S2. The molecule has 0 radical (unpaired) electrons. The number of fused-ring (bicyclic) bond motifs is 1. The second kappa shape index (κ2) is 8.46. The van der Waals surface area contributed by atoms with Gasteiger partial charge in [0.1, 0.15) is 5.78 Å². The molecule has 32 heavy (non-hydrogen) atoms. The highest BCUT2D eigenvalue weighted by atomic mass is 32.2. The molecule has 1 unspecified atom stereocenters. The van der Waals surface area contributed by atoms with E-state index in [1.807, 2.05) is 36.4 Å². The highest BCUT2D eigenvalue weighted by molar-refractivity contribution is 7.92. The first-order valence-electron chi connectivity index (χ1n) is 10.4. The van der Waals surface area contributed by atoms with E-state index in [9.17, 15) is 21.6 Å². The number of Topliss-reactive ketones (excluding diaryl/α,β-unsaturated/α-hetero) is 1. The summed E-state index contributed by atoms with van der Waals surface area (Å²) in [6.45, 7) is 0.471. The van der Waals surface area contributed by atoms with E-state index >= 15 is 0 Å². The third kappa shape index (κ3) is 4.79. The van der Waals surface area contributed by atoms with Gasteiger partial charge in [-0.05, 0) is 36.6 Å². The third-order valence-electron chi connectivity index (χ3n) is 6.13. The fraction of sp³-hybridized carbons (Fsp3) is 0.348. The molecule has 0 spiro atoms. The Bertz CT molecular complexity index is 1270. The lowest BCUT2D eigenvalue weighted by molar-refractivity contribution is -0.120. The van der Waals surface area contributed by atoms with Gasteiger partial charge in [-0.1, -0.05) is 48.0 Å². The average Bonchev–Trinajstić information content (AvgIpc) is 2.73. The first kappa shape index (κ1) is 22.7. The summed E-state index contributed by atoms with van der Waals surface area (Å²) >= 11 is 0. The number of anilines is 1. The molecule has 0 aromatic heterocycles. The quantitative estimate of drug-likeness (QED) is 0.649. The maximum absolute atomic E-state index is 13.5. The molecule has 1 N–H and O–H groups in total. The Balaban J connectivity index is 1.68. The third-order valence-corrected chi connectivity index (χ3v) is 8.55. The van der Waals surface area contributed by atoms with E-state index in [0.717, 1.165) is 17.4 Å². The summed E-state index contributed by atoms with van der Waals surface area (Å²) in [5, 5.41) is 0. The van der Waals surface area contributed by atoms with Crippen LogP contribution < -0.4 is 4.72 Å². The van der Waals surface area contributed by atoms with Crippen molar-refractivity contribution in [1.82, 2.24) is 4.31 Å². The molecule has 2 aliphatic rings. The predicted molar refractivity (Wildman–Crippen MR) is 123 cm³/mol. The summed E-state index contributed by atoms with van der Waals surface area (Å²) < 4.78 is 53.9. The van der Waals surface area contributed by atoms with Crippen LogP contribution in [0.3, 0.4) is 0 Å². The molecule has 170 valence electrons. The molecule has 1 heterocycles. The van der Waals surface area contributed by atoms with E-state index in [1.165, 1.54) is 28.6 Å². The van der Waals surface area contributed by atoms with Gasteiger partial charge >= 0.3 is 0 Å². The van der Waals surface area contributed by atoms with Gasteiger partial charge in [0, 0.05) is 37.0 Å². The normalized spacial score (nSPS) is 22.2. The number of ketones is 1. The Morgan fingerprint density at radius 3 is 2.50 bits per heavy atom. The number of nitrogens with one attached hydrogen (secondary N) is 1. The predicted octanol–water partition coefficient (Wildman–Crippen LogP) is 2.97. The maximum Gasteiger partial charge on any atom is 0.243 e. The van der Waals surface area contributed by atoms with E-state index in [4.69, 9.17) is 0 Å². The lowest BCUT2D eigenvalue weighted by Crippen LogP contribution is -2.49. The fourth-order valence-corrected chi connectivity index (χ4v) is 6.69. The molecule has 1 fully saturated rings. The van der Waals surface area contributed by atoms with E-state index < -0.39 is 25.5 Å².